The van der Waals surface area contributed by atoms with Crippen LogP contribution >= 0.6 is 0 Å². The lowest BCUT2D eigenvalue weighted by Gasteiger charge is -2.29. The van der Waals surface area contributed by atoms with Crippen LogP contribution in [-0.4, -0.2) is 25.0 Å². The van der Waals surface area contributed by atoms with Gasteiger partial charge < -0.3 is 15.0 Å². The Labute approximate surface area is 130 Å². The second kappa shape index (κ2) is 6.38. The van der Waals surface area contributed by atoms with Crippen molar-refractivity contribution in [1.82, 2.24) is 0 Å². The smallest absolute Gasteiger partial charge is 0.227 e. The van der Waals surface area contributed by atoms with Crippen LogP contribution in [0.3, 0.4) is 0 Å². The molecule has 1 aromatic carbocycles. The van der Waals surface area contributed by atoms with Crippen LogP contribution in [-0.2, 0) is 9.59 Å². The van der Waals surface area contributed by atoms with E-state index in [1.54, 1.807) is 11.8 Å². The molecule has 2 aliphatic rings. The van der Waals surface area contributed by atoms with Gasteiger partial charge in [0.05, 0.1) is 12.2 Å². The minimum Gasteiger partial charge on any atom is -0.489 e. The van der Waals surface area contributed by atoms with Gasteiger partial charge in [0.25, 0.3) is 0 Å². The molecule has 0 unspecified atom stereocenters. The molecule has 2 amide bonds. The van der Waals surface area contributed by atoms with Crippen LogP contribution in [0.1, 0.15) is 39.0 Å². The summed E-state index contributed by atoms with van der Waals surface area (Å²) in [4.78, 5) is 25.6. The van der Waals surface area contributed by atoms with Gasteiger partial charge in [-0.25, -0.2) is 0 Å². The van der Waals surface area contributed by atoms with Crippen LogP contribution in [0.4, 0.5) is 11.4 Å². The Bertz CT molecular complexity index is 579. The van der Waals surface area contributed by atoms with E-state index in [-0.39, 0.29) is 17.7 Å². The average Bonchev–Trinajstić information content (AvgIpc) is 2.54. The summed E-state index contributed by atoms with van der Waals surface area (Å²) in [5.74, 6) is 0.879. The first-order valence-corrected chi connectivity index (χ1v) is 8.01. The minimum absolute atomic E-state index is 0.00328. The van der Waals surface area contributed by atoms with Gasteiger partial charge in [-0.1, -0.05) is 19.3 Å². The number of benzene rings is 1. The maximum absolute atomic E-state index is 12.3. The maximum Gasteiger partial charge on any atom is 0.227 e. The molecule has 0 bridgehead atoms. The number of anilines is 2. The molecule has 1 aliphatic carbocycles. The van der Waals surface area contributed by atoms with E-state index in [9.17, 15) is 9.59 Å². The Morgan fingerprint density at radius 2 is 2.00 bits per heavy atom. The molecule has 1 fully saturated rings. The molecule has 1 heterocycles. The SMILES string of the molecule is CC(=O)N1CCOc2cc(NC(=O)C3CCCCC3)ccc21. The Hall–Kier alpha value is -2.04. The molecule has 22 heavy (non-hydrogen) atoms. The third kappa shape index (κ3) is 3.08. The summed E-state index contributed by atoms with van der Waals surface area (Å²) in [5.41, 5.74) is 1.51. The summed E-state index contributed by atoms with van der Waals surface area (Å²) < 4.78 is 5.63. The fourth-order valence-electron chi connectivity index (χ4n) is 3.23. The Kier molecular flexibility index (Phi) is 4.32. The summed E-state index contributed by atoms with van der Waals surface area (Å²) in [6.07, 6.45) is 5.46. The van der Waals surface area contributed by atoms with E-state index in [2.05, 4.69) is 5.32 Å². The van der Waals surface area contributed by atoms with Crippen molar-refractivity contribution in [2.45, 2.75) is 39.0 Å². The fraction of sp³-hybridized carbons (Fsp3) is 0.529. The molecule has 0 aromatic heterocycles. The topological polar surface area (TPSA) is 58.6 Å². The summed E-state index contributed by atoms with van der Waals surface area (Å²) in [6, 6.07) is 5.49. The summed E-state index contributed by atoms with van der Waals surface area (Å²) in [6.45, 7) is 2.59. The molecular weight excluding hydrogens is 280 g/mol. The summed E-state index contributed by atoms with van der Waals surface area (Å²) >= 11 is 0. The Morgan fingerprint density at radius 3 is 2.73 bits per heavy atom. The normalized spacial score (nSPS) is 18.3. The number of ether oxygens (including phenoxy) is 1. The molecule has 3 rings (SSSR count). The van der Waals surface area contributed by atoms with Crippen molar-refractivity contribution in [2.75, 3.05) is 23.4 Å². The van der Waals surface area contributed by atoms with Crippen molar-refractivity contribution in [3.63, 3.8) is 0 Å². The lowest BCUT2D eigenvalue weighted by molar-refractivity contribution is -0.120. The number of carbonyl (C=O) groups excluding carboxylic acids is 2. The van der Waals surface area contributed by atoms with Crippen molar-refractivity contribution in [2.24, 2.45) is 5.92 Å². The number of nitrogens with zero attached hydrogens (tertiary/aromatic N) is 1. The third-order valence-corrected chi connectivity index (χ3v) is 4.45. The average molecular weight is 302 g/mol. The molecule has 1 saturated carbocycles. The van der Waals surface area contributed by atoms with E-state index < -0.39 is 0 Å². The van der Waals surface area contributed by atoms with Gasteiger partial charge >= 0.3 is 0 Å². The molecule has 5 nitrogen and oxygen atoms in total. The van der Waals surface area contributed by atoms with Gasteiger partial charge in [-0.2, -0.15) is 0 Å². The number of amides is 2. The number of carbonyl (C=O) groups is 2. The van der Waals surface area contributed by atoms with Crippen molar-refractivity contribution in [3.05, 3.63) is 18.2 Å². The van der Waals surface area contributed by atoms with Crippen LogP contribution in [0.5, 0.6) is 5.75 Å². The van der Waals surface area contributed by atoms with E-state index in [1.165, 1.54) is 6.42 Å². The molecule has 1 aromatic rings. The van der Waals surface area contributed by atoms with Crippen LogP contribution in [0, 0.1) is 5.92 Å². The molecule has 1 N–H and O–H groups in total. The fourth-order valence-corrected chi connectivity index (χ4v) is 3.23. The number of fused-ring (bicyclic) bond motifs is 1. The highest BCUT2D eigenvalue weighted by molar-refractivity contribution is 5.96. The number of hydrogen-bond donors (Lipinski definition) is 1. The zero-order chi connectivity index (χ0) is 15.5. The van der Waals surface area contributed by atoms with Crippen LogP contribution in [0.15, 0.2) is 18.2 Å². The molecule has 0 radical (unpaired) electrons. The van der Waals surface area contributed by atoms with E-state index in [0.29, 0.717) is 18.9 Å². The highest BCUT2D eigenvalue weighted by atomic mass is 16.5. The zero-order valence-electron chi connectivity index (χ0n) is 12.9. The molecule has 0 saturated heterocycles. The van der Waals surface area contributed by atoms with Gasteiger partial charge in [0.1, 0.15) is 12.4 Å². The van der Waals surface area contributed by atoms with Gasteiger partial charge in [-0.15, -0.1) is 0 Å². The molecule has 5 heteroatoms. The first-order chi connectivity index (χ1) is 10.6. The minimum atomic E-state index is 0.00328. The lowest BCUT2D eigenvalue weighted by atomic mass is 9.88. The Morgan fingerprint density at radius 1 is 1.23 bits per heavy atom. The van der Waals surface area contributed by atoms with E-state index in [1.807, 2.05) is 18.2 Å². The van der Waals surface area contributed by atoms with E-state index >= 15 is 0 Å². The van der Waals surface area contributed by atoms with E-state index in [4.69, 9.17) is 4.74 Å². The molecule has 0 atom stereocenters. The first-order valence-electron chi connectivity index (χ1n) is 8.01. The first kappa shape index (κ1) is 14.9. The summed E-state index contributed by atoms with van der Waals surface area (Å²) in [5, 5.41) is 2.98. The monoisotopic (exact) mass is 302 g/mol. The molecule has 118 valence electrons. The lowest BCUT2D eigenvalue weighted by Crippen LogP contribution is -2.36. The van der Waals surface area contributed by atoms with Gasteiger partial charge in [-0.3, -0.25) is 9.59 Å². The second-order valence-electron chi connectivity index (χ2n) is 6.03. The number of nitrogens with one attached hydrogen (secondary N) is 1. The number of rotatable bonds is 2. The molecule has 0 spiro atoms. The van der Waals surface area contributed by atoms with Gasteiger partial charge in [-0.05, 0) is 25.0 Å². The zero-order valence-corrected chi connectivity index (χ0v) is 12.9. The van der Waals surface area contributed by atoms with E-state index in [0.717, 1.165) is 37.1 Å². The van der Waals surface area contributed by atoms with Gasteiger partial charge in [0.15, 0.2) is 0 Å². The third-order valence-electron chi connectivity index (χ3n) is 4.45. The maximum atomic E-state index is 12.3. The van der Waals surface area contributed by atoms with Crippen molar-refractivity contribution in [1.29, 1.82) is 0 Å². The predicted octanol–water partition coefficient (Wildman–Crippen LogP) is 2.95. The van der Waals surface area contributed by atoms with Crippen molar-refractivity contribution in [3.8, 4) is 5.75 Å². The molecular formula is C17H22N2O3. The molecule has 1 aliphatic heterocycles. The highest BCUT2D eigenvalue weighted by Gasteiger charge is 2.23. The summed E-state index contributed by atoms with van der Waals surface area (Å²) in [7, 11) is 0. The van der Waals surface area contributed by atoms with Crippen LogP contribution in [0.2, 0.25) is 0 Å². The largest absolute Gasteiger partial charge is 0.489 e. The van der Waals surface area contributed by atoms with Crippen molar-refractivity contribution < 1.29 is 14.3 Å². The van der Waals surface area contributed by atoms with Gasteiger partial charge in [0.2, 0.25) is 11.8 Å². The van der Waals surface area contributed by atoms with Crippen LogP contribution < -0.4 is 15.0 Å². The van der Waals surface area contributed by atoms with Crippen LogP contribution in [0.25, 0.3) is 0 Å². The quantitative estimate of drug-likeness (QED) is 0.913. The Balaban J connectivity index is 1.73. The standard InChI is InChI=1S/C17H22N2O3/c1-12(20)19-9-10-22-16-11-14(7-8-15(16)19)18-17(21)13-5-3-2-4-6-13/h7-8,11,13H,2-6,9-10H2,1H3,(H,18,21). The van der Waals surface area contributed by atoms with Gasteiger partial charge in [0, 0.05) is 24.6 Å². The highest BCUT2D eigenvalue weighted by Crippen LogP contribution is 2.34. The second-order valence-corrected chi connectivity index (χ2v) is 6.03. The van der Waals surface area contributed by atoms with Crippen molar-refractivity contribution >= 4 is 23.2 Å². The predicted molar refractivity (Wildman–Crippen MR) is 85.2 cm³/mol. The number of hydrogen-bond acceptors (Lipinski definition) is 3.